The molecule has 6 heteroatoms. The number of carboxylic acids is 1. The molecule has 92 valence electrons. The van der Waals surface area contributed by atoms with Crippen molar-refractivity contribution in [1.29, 1.82) is 0 Å². The summed E-state index contributed by atoms with van der Waals surface area (Å²) in [7, 11) is 1.88. The van der Waals surface area contributed by atoms with Gasteiger partial charge in [0.25, 0.3) is 0 Å². The van der Waals surface area contributed by atoms with Gasteiger partial charge in [0, 0.05) is 18.7 Å². The van der Waals surface area contributed by atoms with Gasteiger partial charge >= 0.3 is 5.97 Å². The molecule has 0 radical (unpaired) electrons. The number of aryl methyl sites for hydroxylation is 2. The van der Waals surface area contributed by atoms with Crippen molar-refractivity contribution in [2.75, 3.05) is 13.6 Å². The Bertz CT molecular complexity index is 332. The lowest BCUT2D eigenvalue weighted by molar-refractivity contribution is -0.137. The number of halogens is 1. The minimum Gasteiger partial charge on any atom is -0.481 e. The maximum absolute atomic E-state index is 10.4. The van der Waals surface area contributed by atoms with E-state index in [-0.39, 0.29) is 18.8 Å². The van der Waals surface area contributed by atoms with Crippen LogP contribution in [0.2, 0.25) is 0 Å². The molecule has 1 heterocycles. The van der Waals surface area contributed by atoms with E-state index < -0.39 is 5.97 Å². The molecule has 0 unspecified atom stereocenters. The minimum absolute atomic E-state index is 0. The molecule has 1 aromatic heterocycles. The first-order valence-electron chi connectivity index (χ1n) is 4.82. The van der Waals surface area contributed by atoms with Crippen molar-refractivity contribution in [3.05, 3.63) is 17.0 Å². The summed E-state index contributed by atoms with van der Waals surface area (Å²) >= 11 is 0. The minimum atomic E-state index is -0.777. The van der Waals surface area contributed by atoms with Gasteiger partial charge < -0.3 is 14.5 Å². The predicted octanol–water partition coefficient (Wildman–Crippen LogP) is 1.62. The summed E-state index contributed by atoms with van der Waals surface area (Å²) < 4.78 is 5.03. The van der Waals surface area contributed by atoms with E-state index in [0.29, 0.717) is 13.1 Å². The molecule has 0 aliphatic rings. The molecular weight excluding hydrogens is 232 g/mol. The number of hydrogen-bond acceptors (Lipinski definition) is 4. The van der Waals surface area contributed by atoms with Gasteiger partial charge in [0.2, 0.25) is 0 Å². The molecule has 0 saturated heterocycles. The lowest BCUT2D eigenvalue weighted by atomic mass is 10.2. The summed E-state index contributed by atoms with van der Waals surface area (Å²) in [5.41, 5.74) is 1.91. The van der Waals surface area contributed by atoms with Crippen molar-refractivity contribution < 1.29 is 14.4 Å². The molecule has 1 rings (SSSR count). The van der Waals surface area contributed by atoms with Crippen molar-refractivity contribution in [3.63, 3.8) is 0 Å². The third-order valence-corrected chi connectivity index (χ3v) is 2.32. The molecule has 0 fully saturated rings. The maximum atomic E-state index is 10.4. The highest BCUT2D eigenvalue weighted by molar-refractivity contribution is 5.85. The highest BCUT2D eigenvalue weighted by Gasteiger charge is 2.11. The fraction of sp³-hybridized carbons (Fsp3) is 0.600. The summed E-state index contributed by atoms with van der Waals surface area (Å²) in [6.07, 6.45) is 0.153. The molecule has 0 aliphatic carbocycles. The first-order valence-corrected chi connectivity index (χ1v) is 4.82. The van der Waals surface area contributed by atoms with Gasteiger partial charge in [-0.15, -0.1) is 12.4 Å². The van der Waals surface area contributed by atoms with Crippen molar-refractivity contribution in [3.8, 4) is 0 Å². The van der Waals surface area contributed by atoms with Crippen molar-refractivity contribution in [2.45, 2.75) is 26.8 Å². The van der Waals surface area contributed by atoms with Crippen LogP contribution >= 0.6 is 12.4 Å². The molecule has 0 spiro atoms. The normalized spacial score (nSPS) is 10.2. The van der Waals surface area contributed by atoms with Crippen molar-refractivity contribution in [2.24, 2.45) is 0 Å². The van der Waals surface area contributed by atoms with Gasteiger partial charge in [-0.2, -0.15) is 0 Å². The molecule has 0 amide bonds. The van der Waals surface area contributed by atoms with Crippen LogP contribution in [0.15, 0.2) is 4.52 Å². The van der Waals surface area contributed by atoms with E-state index >= 15 is 0 Å². The molecule has 0 saturated carbocycles. The molecule has 0 atom stereocenters. The SMILES string of the molecule is Cc1noc(C)c1CN(C)CCC(=O)O.Cl. The Morgan fingerprint density at radius 1 is 1.50 bits per heavy atom. The number of aliphatic carboxylic acids is 1. The molecule has 0 aliphatic heterocycles. The number of carboxylic acid groups (broad SMARTS) is 1. The Balaban J connectivity index is 0.00000225. The molecule has 0 aromatic carbocycles. The Hall–Kier alpha value is -1.07. The number of rotatable bonds is 5. The summed E-state index contributed by atoms with van der Waals surface area (Å²) in [6, 6.07) is 0. The predicted molar refractivity (Wildman–Crippen MR) is 61.8 cm³/mol. The first kappa shape index (κ1) is 14.9. The van der Waals surface area contributed by atoms with Crippen LogP contribution in [-0.2, 0) is 11.3 Å². The van der Waals surface area contributed by atoms with E-state index in [9.17, 15) is 4.79 Å². The fourth-order valence-corrected chi connectivity index (χ4v) is 1.36. The molecule has 16 heavy (non-hydrogen) atoms. The summed E-state index contributed by atoms with van der Waals surface area (Å²) in [5, 5.41) is 12.4. The molecule has 1 aromatic rings. The first-order chi connectivity index (χ1) is 7.00. The Morgan fingerprint density at radius 3 is 2.56 bits per heavy atom. The largest absolute Gasteiger partial charge is 0.481 e. The van der Waals surface area contributed by atoms with Crippen LogP contribution in [0.3, 0.4) is 0 Å². The van der Waals surface area contributed by atoms with Gasteiger partial charge in [-0.1, -0.05) is 5.16 Å². The maximum Gasteiger partial charge on any atom is 0.304 e. The second kappa shape index (κ2) is 6.50. The fourth-order valence-electron chi connectivity index (χ4n) is 1.36. The smallest absolute Gasteiger partial charge is 0.304 e. The van der Waals surface area contributed by atoms with Crippen LogP contribution in [0.4, 0.5) is 0 Å². The lowest BCUT2D eigenvalue weighted by Gasteiger charge is -2.14. The third-order valence-electron chi connectivity index (χ3n) is 2.32. The summed E-state index contributed by atoms with van der Waals surface area (Å²) in [6.45, 7) is 4.95. The van der Waals surface area contributed by atoms with Gasteiger partial charge in [0.1, 0.15) is 5.76 Å². The topological polar surface area (TPSA) is 66.6 Å². The highest BCUT2D eigenvalue weighted by Crippen LogP contribution is 2.14. The monoisotopic (exact) mass is 248 g/mol. The molecule has 1 N–H and O–H groups in total. The summed E-state index contributed by atoms with van der Waals surface area (Å²) in [4.78, 5) is 12.3. The van der Waals surface area contributed by atoms with Crippen LogP contribution in [0.1, 0.15) is 23.4 Å². The van der Waals surface area contributed by atoms with Crippen LogP contribution in [0, 0.1) is 13.8 Å². The number of nitrogens with zero attached hydrogens (tertiary/aromatic N) is 2. The quantitative estimate of drug-likeness (QED) is 0.858. The zero-order chi connectivity index (χ0) is 11.4. The van der Waals surface area contributed by atoms with Crippen LogP contribution in [0.25, 0.3) is 0 Å². The van der Waals surface area contributed by atoms with Gasteiger partial charge in [0.15, 0.2) is 0 Å². The lowest BCUT2D eigenvalue weighted by Crippen LogP contribution is -2.21. The van der Waals surface area contributed by atoms with Gasteiger partial charge in [-0.05, 0) is 20.9 Å². The van der Waals surface area contributed by atoms with Crippen LogP contribution < -0.4 is 0 Å². The van der Waals surface area contributed by atoms with E-state index in [1.807, 2.05) is 25.8 Å². The Kier molecular flexibility index (Phi) is 6.06. The van der Waals surface area contributed by atoms with Gasteiger partial charge in [-0.25, -0.2) is 0 Å². The standard InChI is InChI=1S/C10H16N2O3.ClH/c1-7-9(8(2)15-11-7)6-12(3)5-4-10(13)14;/h4-6H2,1-3H3,(H,13,14);1H. The average Bonchev–Trinajstić information content (AvgIpc) is 2.46. The van der Waals surface area contributed by atoms with E-state index in [1.165, 1.54) is 0 Å². The van der Waals surface area contributed by atoms with E-state index in [2.05, 4.69) is 5.16 Å². The van der Waals surface area contributed by atoms with E-state index in [1.54, 1.807) is 0 Å². The van der Waals surface area contributed by atoms with Crippen molar-refractivity contribution >= 4 is 18.4 Å². The Labute approximate surface area is 101 Å². The highest BCUT2D eigenvalue weighted by atomic mass is 35.5. The zero-order valence-corrected chi connectivity index (χ0v) is 10.5. The van der Waals surface area contributed by atoms with Crippen LogP contribution in [0.5, 0.6) is 0 Å². The number of hydrogen-bond donors (Lipinski definition) is 1. The second-order valence-electron chi connectivity index (χ2n) is 3.68. The van der Waals surface area contributed by atoms with E-state index in [4.69, 9.17) is 9.63 Å². The number of aromatic nitrogens is 1. The summed E-state index contributed by atoms with van der Waals surface area (Å²) in [5.74, 6) is 0.0234. The molecular formula is C10H17ClN2O3. The Morgan fingerprint density at radius 2 is 2.12 bits per heavy atom. The number of carbonyl (C=O) groups is 1. The van der Waals surface area contributed by atoms with Crippen LogP contribution in [-0.4, -0.2) is 34.7 Å². The molecule has 0 bridgehead atoms. The average molecular weight is 249 g/mol. The van der Waals surface area contributed by atoms with Gasteiger partial charge in [0.05, 0.1) is 12.1 Å². The second-order valence-corrected chi connectivity index (χ2v) is 3.68. The third kappa shape index (κ3) is 4.20. The van der Waals surface area contributed by atoms with Crippen molar-refractivity contribution in [1.82, 2.24) is 10.1 Å². The van der Waals surface area contributed by atoms with E-state index in [0.717, 1.165) is 17.0 Å². The molecule has 5 nitrogen and oxygen atoms in total. The van der Waals surface area contributed by atoms with Gasteiger partial charge in [-0.3, -0.25) is 4.79 Å². The zero-order valence-electron chi connectivity index (χ0n) is 9.69.